The Morgan fingerprint density at radius 1 is 1.32 bits per heavy atom. The van der Waals surface area contributed by atoms with E-state index in [1.807, 2.05) is 11.0 Å². The Bertz CT molecular complexity index is 709. The Hall–Kier alpha value is -2.21. The molecular weight excluding hydrogens is 280 g/mol. The van der Waals surface area contributed by atoms with E-state index in [0.717, 1.165) is 13.0 Å². The zero-order chi connectivity index (χ0) is 16.1. The van der Waals surface area contributed by atoms with E-state index in [0.29, 0.717) is 24.4 Å². The number of rotatable bonds is 6. The number of hydrogen-bond donors (Lipinski definition) is 0. The van der Waals surface area contributed by atoms with E-state index in [9.17, 15) is 9.59 Å². The van der Waals surface area contributed by atoms with Crippen LogP contribution in [0.2, 0.25) is 0 Å². The van der Waals surface area contributed by atoms with Crippen LogP contribution in [0.1, 0.15) is 19.0 Å². The van der Waals surface area contributed by atoms with Crippen LogP contribution in [-0.4, -0.2) is 52.3 Å². The van der Waals surface area contributed by atoms with Crippen LogP contribution >= 0.6 is 0 Å². The first-order valence-corrected chi connectivity index (χ1v) is 7.41. The Morgan fingerprint density at radius 3 is 2.77 bits per heavy atom. The molecular formula is C16H22N4O2. The highest BCUT2D eigenvalue weighted by Crippen LogP contribution is 2.04. The van der Waals surface area contributed by atoms with E-state index >= 15 is 0 Å². The van der Waals surface area contributed by atoms with Crippen LogP contribution in [0.3, 0.4) is 0 Å². The van der Waals surface area contributed by atoms with Crippen LogP contribution in [0, 0.1) is 0 Å². The second-order valence-electron chi connectivity index (χ2n) is 5.51. The lowest BCUT2D eigenvalue weighted by molar-refractivity contribution is -0.130. The van der Waals surface area contributed by atoms with Crippen LogP contribution in [0.15, 0.2) is 35.3 Å². The van der Waals surface area contributed by atoms with Crippen molar-refractivity contribution in [2.75, 3.05) is 27.2 Å². The molecule has 0 fully saturated rings. The summed E-state index contributed by atoms with van der Waals surface area (Å²) >= 11 is 0. The van der Waals surface area contributed by atoms with Crippen molar-refractivity contribution < 1.29 is 4.79 Å². The lowest BCUT2D eigenvalue weighted by Crippen LogP contribution is -2.37. The van der Waals surface area contributed by atoms with Crippen molar-refractivity contribution in [3.63, 3.8) is 0 Å². The summed E-state index contributed by atoms with van der Waals surface area (Å²) in [5.41, 5.74) is 1.22. The number of carbonyl (C=O) groups excluding carboxylic acids is 1. The molecule has 0 spiro atoms. The SMILES string of the molecule is CCCN(CC(=O)N(C)C)Cc1cc(=O)n2ccccc2n1. The van der Waals surface area contributed by atoms with Gasteiger partial charge in [-0.1, -0.05) is 13.0 Å². The highest BCUT2D eigenvalue weighted by Gasteiger charge is 2.13. The van der Waals surface area contributed by atoms with Crippen LogP contribution in [-0.2, 0) is 11.3 Å². The smallest absolute Gasteiger partial charge is 0.258 e. The van der Waals surface area contributed by atoms with E-state index in [1.54, 1.807) is 37.3 Å². The lowest BCUT2D eigenvalue weighted by atomic mass is 10.3. The van der Waals surface area contributed by atoms with Crippen molar-refractivity contribution in [1.29, 1.82) is 0 Å². The third-order valence-electron chi connectivity index (χ3n) is 3.41. The fourth-order valence-electron chi connectivity index (χ4n) is 2.28. The Balaban J connectivity index is 2.22. The van der Waals surface area contributed by atoms with Crippen molar-refractivity contribution in [2.45, 2.75) is 19.9 Å². The zero-order valence-electron chi connectivity index (χ0n) is 13.3. The summed E-state index contributed by atoms with van der Waals surface area (Å²) in [5.74, 6) is 0.0472. The number of hydrogen-bond acceptors (Lipinski definition) is 4. The van der Waals surface area contributed by atoms with Gasteiger partial charge in [0.2, 0.25) is 5.91 Å². The van der Waals surface area contributed by atoms with Crippen molar-refractivity contribution >= 4 is 11.6 Å². The standard InChI is InChI=1S/C16H22N4O2/c1-4-8-19(12-16(22)18(2)3)11-13-10-15(21)20-9-6-5-7-14(20)17-13/h5-7,9-10H,4,8,11-12H2,1-3H3. The second-order valence-corrected chi connectivity index (χ2v) is 5.51. The van der Waals surface area contributed by atoms with Crippen molar-refractivity contribution in [3.05, 3.63) is 46.5 Å². The van der Waals surface area contributed by atoms with E-state index in [1.165, 1.54) is 10.5 Å². The van der Waals surface area contributed by atoms with Crippen LogP contribution in [0.25, 0.3) is 5.65 Å². The van der Waals surface area contributed by atoms with Gasteiger partial charge in [0, 0.05) is 32.9 Å². The Kier molecular flexibility index (Phi) is 5.27. The number of fused-ring (bicyclic) bond motifs is 1. The first-order valence-electron chi connectivity index (χ1n) is 7.41. The number of carbonyl (C=O) groups is 1. The van der Waals surface area contributed by atoms with Gasteiger partial charge in [0.25, 0.3) is 5.56 Å². The molecule has 0 aliphatic rings. The van der Waals surface area contributed by atoms with Gasteiger partial charge in [-0.3, -0.25) is 18.9 Å². The topological polar surface area (TPSA) is 57.9 Å². The maximum atomic E-state index is 12.1. The average Bonchev–Trinajstić information content (AvgIpc) is 2.47. The molecule has 0 N–H and O–H groups in total. The minimum atomic E-state index is -0.101. The van der Waals surface area contributed by atoms with Gasteiger partial charge in [0.15, 0.2) is 0 Å². The van der Waals surface area contributed by atoms with Crippen molar-refractivity contribution in [1.82, 2.24) is 19.2 Å². The monoisotopic (exact) mass is 302 g/mol. The number of amides is 1. The van der Waals surface area contributed by atoms with Gasteiger partial charge in [0.05, 0.1) is 12.2 Å². The summed E-state index contributed by atoms with van der Waals surface area (Å²) in [4.78, 5) is 32.1. The molecule has 2 aromatic rings. The molecule has 2 aromatic heterocycles. The number of aromatic nitrogens is 2. The van der Waals surface area contributed by atoms with Crippen LogP contribution in [0.4, 0.5) is 0 Å². The zero-order valence-corrected chi connectivity index (χ0v) is 13.3. The van der Waals surface area contributed by atoms with Crippen LogP contribution < -0.4 is 5.56 Å². The summed E-state index contributed by atoms with van der Waals surface area (Å²) in [6.45, 7) is 3.68. The van der Waals surface area contributed by atoms with Gasteiger partial charge in [-0.25, -0.2) is 4.98 Å². The molecule has 0 radical (unpaired) electrons. The predicted molar refractivity (Wildman–Crippen MR) is 85.7 cm³/mol. The first kappa shape index (κ1) is 16.2. The molecule has 6 nitrogen and oxygen atoms in total. The first-order chi connectivity index (χ1) is 10.5. The molecule has 1 amide bonds. The van der Waals surface area contributed by atoms with E-state index < -0.39 is 0 Å². The minimum absolute atomic E-state index is 0.0472. The van der Waals surface area contributed by atoms with E-state index in [2.05, 4.69) is 11.9 Å². The molecule has 0 saturated heterocycles. The number of nitrogens with zero attached hydrogens (tertiary/aromatic N) is 4. The molecule has 0 unspecified atom stereocenters. The molecule has 2 heterocycles. The molecule has 0 atom stereocenters. The molecule has 2 rings (SSSR count). The molecule has 22 heavy (non-hydrogen) atoms. The summed E-state index contributed by atoms with van der Waals surface area (Å²) in [6, 6.07) is 7.00. The maximum absolute atomic E-state index is 12.1. The fourth-order valence-corrected chi connectivity index (χ4v) is 2.28. The highest BCUT2D eigenvalue weighted by molar-refractivity contribution is 5.77. The van der Waals surface area contributed by atoms with Gasteiger partial charge in [-0.15, -0.1) is 0 Å². The third-order valence-corrected chi connectivity index (χ3v) is 3.41. The second kappa shape index (κ2) is 7.17. The minimum Gasteiger partial charge on any atom is -0.348 e. The fraction of sp³-hybridized carbons (Fsp3) is 0.438. The highest BCUT2D eigenvalue weighted by atomic mass is 16.2. The van der Waals surface area contributed by atoms with Crippen molar-refractivity contribution in [2.24, 2.45) is 0 Å². The molecule has 118 valence electrons. The largest absolute Gasteiger partial charge is 0.348 e. The molecule has 6 heteroatoms. The molecule has 0 aliphatic heterocycles. The average molecular weight is 302 g/mol. The van der Waals surface area contributed by atoms with Gasteiger partial charge >= 0.3 is 0 Å². The summed E-state index contributed by atoms with van der Waals surface area (Å²) in [5, 5.41) is 0. The third kappa shape index (κ3) is 3.92. The molecule has 0 aromatic carbocycles. The molecule has 0 saturated carbocycles. The summed E-state index contributed by atoms with van der Waals surface area (Å²) < 4.78 is 1.51. The lowest BCUT2D eigenvalue weighted by Gasteiger charge is -2.22. The van der Waals surface area contributed by atoms with E-state index in [-0.39, 0.29) is 11.5 Å². The molecule has 0 bridgehead atoms. The normalized spacial score (nSPS) is 11.1. The van der Waals surface area contributed by atoms with Gasteiger partial charge in [-0.2, -0.15) is 0 Å². The van der Waals surface area contributed by atoms with Gasteiger partial charge in [-0.05, 0) is 25.1 Å². The van der Waals surface area contributed by atoms with Crippen molar-refractivity contribution in [3.8, 4) is 0 Å². The molecule has 0 aliphatic carbocycles. The maximum Gasteiger partial charge on any atom is 0.258 e. The summed E-state index contributed by atoms with van der Waals surface area (Å²) in [7, 11) is 3.49. The van der Waals surface area contributed by atoms with Gasteiger partial charge in [0.1, 0.15) is 5.65 Å². The van der Waals surface area contributed by atoms with E-state index in [4.69, 9.17) is 0 Å². The number of likely N-dealkylation sites (N-methyl/N-ethyl adjacent to an activating group) is 1. The Labute approximate surface area is 130 Å². The number of pyridine rings is 1. The predicted octanol–water partition coefficient (Wildman–Crippen LogP) is 0.995. The van der Waals surface area contributed by atoms with Crippen LogP contribution in [0.5, 0.6) is 0 Å². The summed E-state index contributed by atoms with van der Waals surface area (Å²) in [6.07, 6.45) is 2.64. The Morgan fingerprint density at radius 2 is 2.09 bits per heavy atom. The quantitative estimate of drug-likeness (QED) is 0.798. The van der Waals surface area contributed by atoms with Gasteiger partial charge < -0.3 is 4.90 Å².